The highest BCUT2D eigenvalue weighted by atomic mass is 16.5. The van der Waals surface area contributed by atoms with Gasteiger partial charge in [0.15, 0.2) is 0 Å². The first kappa shape index (κ1) is 25.3. The number of esters is 2. The Hall–Kier alpha value is -4.01. The zero-order valence-electron chi connectivity index (χ0n) is 19.2. The minimum atomic E-state index is -0.837. The van der Waals surface area contributed by atoms with Gasteiger partial charge in [-0.2, -0.15) is 5.01 Å². The first-order valence-corrected chi connectivity index (χ1v) is 10.8. The Morgan fingerprint density at radius 3 is 1.82 bits per heavy atom. The second kappa shape index (κ2) is 12.7. The van der Waals surface area contributed by atoms with E-state index in [-0.39, 0.29) is 37.0 Å². The molecular formula is C24H28N4O5. The van der Waals surface area contributed by atoms with E-state index in [4.69, 9.17) is 9.47 Å². The highest BCUT2D eigenvalue weighted by Gasteiger charge is 2.36. The molecule has 174 valence electrons. The number of carbonyl (C=O) groups excluding carboxylic acids is 3. The van der Waals surface area contributed by atoms with Crippen LogP contribution in [-0.4, -0.2) is 52.7 Å². The summed E-state index contributed by atoms with van der Waals surface area (Å²) in [7, 11) is 0. The van der Waals surface area contributed by atoms with Crippen molar-refractivity contribution < 1.29 is 23.9 Å². The number of ether oxygens (including phenoxy) is 2. The number of nitrogens with zero attached hydrogens (tertiary/aromatic N) is 4. The molecule has 9 heteroatoms. The molecule has 0 unspecified atom stereocenters. The number of rotatable bonds is 7. The Morgan fingerprint density at radius 2 is 1.27 bits per heavy atom. The van der Waals surface area contributed by atoms with Crippen LogP contribution in [0.25, 0.3) is 0 Å². The van der Waals surface area contributed by atoms with Crippen molar-refractivity contribution in [3.63, 3.8) is 0 Å². The Morgan fingerprint density at radius 1 is 0.758 bits per heavy atom. The van der Waals surface area contributed by atoms with Crippen molar-refractivity contribution in [2.24, 2.45) is 10.2 Å². The fourth-order valence-corrected chi connectivity index (χ4v) is 2.77. The SMILES string of the molecule is CC.CCOC(=O)C1=NN(C(=O)c2ccccc2)C(C(=O)OCC)=NN1Cc1ccccc1. The monoisotopic (exact) mass is 452 g/mol. The minimum absolute atomic E-state index is 0.0817. The molecule has 33 heavy (non-hydrogen) atoms. The fraction of sp³-hybridized carbons (Fsp3) is 0.292. The number of amides is 1. The molecule has 3 rings (SSSR count). The van der Waals surface area contributed by atoms with E-state index < -0.39 is 17.8 Å². The van der Waals surface area contributed by atoms with Gasteiger partial charge in [-0.15, -0.1) is 10.2 Å². The molecule has 0 aromatic heterocycles. The molecule has 1 amide bonds. The summed E-state index contributed by atoms with van der Waals surface area (Å²) in [6.07, 6.45) is 0. The average Bonchev–Trinajstić information content (AvgIpc) is 2.86. The quantitative estimate of drug-likeness (QED) is 0.597. The lowest BCUT2D eigenvalue weighted by atomic mass is 10.2. The van der Waals surface area contributed by atoms with Gasteiger partial charge in [-0.1, -0.05) is 62.4 Å². The van der Waals surface area contributed by atoms with Gasteiger partial charge in [0.05, 0.1) is 19.8 Å². The zero-order valence-corrected chi connectivity index (χ0v) is 19.2. The van der Waals surface area contributed by atoms with E-state index in [1.54, 1.807) is 44.2 Å². The zero-order chi connectivity index (χ0) is 24.2. The summed E-state index contributed by atoms with van der Waals surface area (Å²) in [6.45, 7) is 7.62. The summed E-state index contributed by atoms with van der Waals surface area (Å²) in [5.74, 6) is -2.80. The molecule has 0 N–H and O–H groups in total. The highest BCUT2D eigenvalue weighted by molar-refractivity contribution is 6.42. The second-order valence-corrected chi connectivity index (χ2v) is 6.31. The maximum atomic E-state index is 13.1. The van der Waals surface area contributed by atoms with Crippen molar-refractivity contribution >= 4 is 29.5 Å². The van der Waals surface area contributed by atoms with Gasteiger partial charge in [-0.25, -0.2) is 14.6 Å². The van der Waals surface area contributed by atoms with Crippen molar-refractivity contribution in [3.8, 4) is 0 Å². The lowest BCUT2D eigenvalue weighted by Crippen LogP contribution is -2.48. The summed E-state index contributed by atoms with van der Waals surface area (Å²) in [5, 5.41) is 10.4. The Kier molecular flexibility index (Phi) is 9.76. The van der Waals surface area contributed by atoms with E-state index in [1.165, 1.54) is 5.01 Å². The molecule has 0 saturated carbocycles. The predicted molar refractivity (Wildman–Crippen MR) is 124 cm³/mol. The van der Waals surface area contributed by atoms with Crippen LogP contribution in [0, 0.1) is 0 Å². The van der Waals surface area contributed by atoms with E-state index in [1.807, 2.05) is 44.2 Å². The topological polar surface area (TPSA) is 101 Å². The van der Waals surface area contributed by atoms with E-state index in [0.717, 1.165) is 10.6 Å². The molecule has 1 aliphatic heterocycles. The van der Waals surface area contributed by atoms with Crippen LogP contribution >= 0.6 is 0 Å². The van der Waals surface area contributed by atoms with Gasteiger partial charge in [0.25, 0.3) is 17.6 Å². The molecule has 0 bridgehead atoms. The first-order chi connectivity index (χ1) is 16.0. The molecule has 9 nitrogen and oxygen atoms in total. The van der Waals surface area contributed by atoms with E-state index >= 15 is 0 Å². The third kappa shape index (κ3) is 6.49. The van der Waals surface area contributed by atoms with Crippen LogP contribution in [-0.2, 0) is 25.6 Å². The number of hydrazone groups is 2. The molecule has 1 aliphatic rings. The third-order valence-corrected chi connectivity index (χ3v) is 4.16. The largest absolute Gasteiger partial charge is 0.460 e. The molecule has 2 aromatic carbocycles. The van der Waals surface area contributed by atoms with Crippen LogP contribution in [0.2, 0.25) is 0 Å². The summed E-state index contributed by atoms with van der Waals surface area (Å²) >= 11 is 0. The van der Waals surface area contributed by atoms with E-state index in [2.05, 4.69) is 10.2 Å². The maximum absolute atomic E-state index is 13.1. The van der Waals surface area contributed by atoms with Crippen LogP contribution in [0.15, 0.2) is 70.9 Å². The molecule has 0 saturated heterocycles. The highest BCUT2D eigenvalue weighted by Crippen LogP contribution is 2.17. The molecule has 1 heterocycles. The molecule has 2 aromatic rings. The maximum Gasteiger partial charge on any atom is 0.378 e. The minimum Gasteiger partial charge on any atom is -0.460 e. The van der Waals surface area contributed by atoms with Gasteiger partial charge < -0.3 is 9.47 Å². The van der Waals surface area contributed by atoms with Crippen LogP contribution in [0.3, 0.4) is 0 Å². The Bertz CT molecular complexity index is 1010. The molecule has 0 atom stereocenters. The van der Waals surface area contributed by atoms with Gasteiger partial charge in [-0.3, -0.25) is 4.79 Å². The summed E-state index contributed by atoms with van der Waals surface area (Å²) in [4.78, 5) is 38.2. The van der Waals surface area contributed by atoms with Crippen molar-refractivity contribution in [1.82, 2.24) is 10.0 Å². The molecular weight excluding hydrogens is 424 g/mol. The second-order valence-electron chi connectivity index (χ2n) is 6.31. The predicted octanol–water partition coefficient (Wildman–Crippen LogP) is 3.42. The van der Waals surface area contributed by atoms with Crippen LogP contribution < -0.4 is 0 Å². The summed E-state index contributed by atoms with van der Waals surface area (Å²) in [6, 6.07) is 17.4. The number of hydrogen-bond donors (Lipinski definition) is 0. The summed E-state index contributed by atoms with van der Waals surface area (Å²) < 4.78 is 10.2. The average molecular weight is 453 g/mol. The van der Waals surface area contributed by atoms with Gasteiger partial charge in [-0.05, 0) is 31.5 Å². The number of carbonyl (C=O) groups is 3. The summed E-state index contributed by atoms with van der Waals surface area (Å²) in [5.41, 5.74) is 1.08. The van der Waals surface area contributed by atoms with Crippen molar-refractivity contribution in [2.75, 3.05) is 13.2 Å². The Balaban J connectivity index is 0.00000187. The van der Waals surface area contributed by atoms with Crippen LogP contribution in [0.1, 0.15) is 43.6 Å². The van der Waals surface area contributed by atoms with Gasteiger partial charge in [0, 0.05) is 5.56 Å². The lowest BCUT2D eigenvalue weighted by Gasteiger charge is -2.29. The molecule has 0 aliphatic carbocycles. The lowest BCUT2D eigenvalue weighted by molar-refractivity contribution is -0.137. The van der Waals surface area contributed by atoms with E-state index in [0.29, 0.717) is 0 Å². The normalized spacial score (nSPS) is 12.6. The number of hydrogen-bond acceptors (Lipinski definition) is 8. The third-order valence-electron chi connectivity index (χ3n) is 4.16. The number of amidine groups is 2. The standard InChI is InChI=1S/C22H22N4O5.C2H6/c1-3-30-21(28)18-24-26(20(27)17-13-9-6-10-14-17)19(22(29)31-4-2)23-25(18)15-16-11-7-5-8-12-16;1-2/h5-14H,3-4,15H2,1-2H3;1-2H3. The molecule has 0 fully saturated rings. The van der Waals surface area contributed by atoms with Crippen molar-refractivity contribution in [2.45, 2.75) is 34.2 Å². The molecule has 0 radical (unpaired) electrons. The smallest absolute Gasteiger partial charge is 0.378 e. The van der Waals surface area contributed by atoms with Crippen molar-refractivity contribution in [1.29, 1.82) is 0 Å². The van der Waals surface area contributed by atoms with Gasteiger partial charge in [0.1, 0.15) is 0 Å². The van der Waals surface area contributed by atoms with Crippen LogP contribution in [0.4, 0.5) is 0 Å². The Labute approximate surface area is 193 Å². The van der Waals surface area contributed by atoms with E-state index in [9.17, 15) is 14.4 Å². The van der Waals surface area contributed by atoms with Gasteiger partial charge >= 0.3 is 11.9 Å². The fourth-order valence-electron chi connectivity index (χ4n) is 2.77. The van der Waals surface area contributed by atoms with Crippen molar-refractivity contribution in [3.05, 3.63) is 71.8 Å². The molecule has 0 spiro atoms. The van der Waals surface area contributed by atoms with Crippen LogP contribution in [0.5, 0.6) is 0 Å². The van der Waals surface area contributed by atoms with Gasteiger partial charge in [0.2, 0.25) is 0 Å². The first-order valence-electron chi connectivity index (χ1n) is 10.8. The number of benzene rings is 2.